The third-order valence-electron chi connectivity index (χ3n) is 7.76. The van der Waals surface area contributed by atoms with Crippen molar-refractivity contribution in [2.45, 2.75) is 62.5 Å². The van der Waals surface area contributed by atoms with E-state index >= 15 is 0 Å². The molecule has 0 aliphatic heterocycles. The second-order valence-corrected chi connectivity index (χ2v) is 13.6. The van der Waals surface area contributed by atoms with Gasteiger partial charge in [-0.3, -0.25) is 9.32 Å². The van der Waals surface area contributed by atoms with Gasteiger partial charge in [-0.2, -0.15) is 0 Å². The number of hydrogen-bond acceptors (Lipinski definition) is 9. The van der Waals surface area contributed by atoms with Gasteiger partial charge in [-0.1, -0.05) is 0 Å². The van der Waals surface area contributed by atoms with Crippen molar-refractivity contribution in [3.8, 4) is 5.75 Å². The minimum absolute atomic E-state index is 0.0539. The van der Waals surface area contributed by atoms with Crippen molar-refractivity contribution >= 4 is 35.6 Å². The fourth-order valence-corrected chi connectivity index (χ4v) is 8.34. The molecule has 1 aromatic heterocycles. The topological polar surface area (TPSA) is 188 Å². The standard InChI is InChI=1S/C24H29N4O8PS/c1-14-22(30)20(12-29)21(13-36-37(31,32)33)23(25-14)27-26-18-2-4-19(5-3-18)38(34,35)28-24-9-15-6-16(10-24)8-17(7-15)11-24/h2-5,12,15-17,28,30H,6-11,13H2,1H3,(H2,31,32,33). The smallest absolute Gasteiger partial charge is 0.469 e. The van der Waals surface area contributed by atoms with Gasteiger partial charge in [0.15, 0.2) is 12.1 Å². The van der Waals surface area contributed by atoms with Crippen LogP contribution >= 0.6 is 7.82 Å². The number of nitrogens with one attached hydrogen (secondary N) is 1. The monoisotopic (exact) mass is 564 g/mol. The molecule has 4 fully saturated rings. The summed E-state index contributed by atoms with van der Waals surface area (Å²) in [6, 6.07) is 5.80. The molecule has 0 radical (unpaired) electrons. The maximum atomic E-state index is 13.2. The minimum atomic E-state index is -4.89. The Balaban J connectivity index is 1.35. The molecular formula is C24H29N4O8PS. The summed E-state index contributed by atoms with van der Waals surface area (Å²) in [7, 11) is -8.64. The second kappa shape index (κ2) is 9.89. The van der Waals surface area contributed by atoms with Gasteiger partial charge in [0.2, 0.25) is 10.0 Å². The predicted molar refractivity (Wildman–Crippen MR) is 135 cm³/mol. The molecule has 12 nitrogen and oxygen atoms in total. The van der Waals surface area contributed by atoms with E-state index in [0.29, 0.717) is 24.0 Å². The van der Waals surface area contributed by atoms with Crippen molar-refractivity contribution in [1.29, 1.82) is 0 Å². The summed E-state index contributed by atoms with van der Waals surface area (Å²) in [4.78, 5) is 33.8. The summed E-state index contributed by atoms with van der Waals surface area (Å²) >= 11 is 0. The summed E-state index contributed by atoms with van der Waals surface area (Å²) in [5.74, 6) is 1.14. The summed E-state index contributed by atoms with van der Waals surface area (Å²) < 4.78 is 45.1. The highest BCUT2D eigenvalue weighted by Crippen LogP contribution is 2.56. The number of aldehydes is 1. The van der Waals surface area contributed by atoms with Crippen LogP contribution in [-0.4, -0.2) is 40.1 Å². The van der Waals surface area contributed by atoms with Gasteiger partial charge in [-0.25, -0.2) is 22.7 Å². The van der Waals surface area contributed by atoms with E-state index < -0.39 is 30.2 Å². The zero-order valence-corrected chi connectivity index (χ0v) is 22.4. The van der Waals surface area contributed by atoms with Crippen LogP contribution in [0.1, 0.15) is 60.1 Å². The molecule has 4 aliphatic rings. The molecule has 4 bridgehead atoms. The molecule has 4 N–H and O–H groups in total. The number of aromatic hydroxyl groups is 1. The summed E-state index contributed by atoms with van der Waals surface area (Å²) in [5, 5.41) is 18.1. The normalized spacial score (nSPS) is 26.8. The predicted octanol–water partition coefficient (Wildman–Crippen LogP) is 4.18. The number of sulfonamides is 1. The highest BCUT2D eigenvalue weighted by atomic mass is 32.2. The Morgan fingerprint density at radius 1 is 1.11 bits per heavy atom. The number of nitrogens with zero attached hydrogens (tertiary/aromatic N) is 3. The van der Waals surface area contributed by atoms with E-state index in [1.54, 1.807) is 0 Å². The van der Waals surface area contributed by atoms with Crippen LogP contribution in [0.5, 0.6) is 5.75 Å². The zero-order chi connectivity index (χ0) is 27.3. The number of carbonyl (C=O) groups is 1. The Kier molecular flexibility index (Phi) is 7.04. The van der Waals surface area contributed by atoms with E-state index in [1.165, 1.54) is 50.5 Å². The number of phosphoric ester groups is 1. The maximum Gasteiger partial charge on any atom is 0.469 e. The lowest BCUT2D eigenvalue weighted by Crippen LogP contribution is -2.59. The summed E-state index contributed by atoms with van der Waals surface area (Å²) in [6.07, 6.45) is 6.59. The molecule has 6 rings (SSSR count). The molecule has 4 aliphatic carbocycles. The highest BCUT2D eigenvalue weighted by Gasteiger charge is 2.52. The SMILES string of the molecule is Cc1nc(N=Nc2ccc(S(=O)(=O)NC34CC5CC(CC(C5)C3)C4)cc2)c(COP(=O)(O)O)c(C=O)c1O. The molecule has 0 unspecified atom stereocenters. The van der Waals surface area contributed by atoms with Crippen molar-refractivity contribution in [1.82, 2.24) is 9.71 Å². The number of rotatable bonds is 9. The molecule has 2 aromatic rings. The molecule has 1 heterocycles. The van der Waals surface area contributed by atoms with Crippen molar-refractivity contribution < 1.29 is 37.2 Å². The average molecular weight is 565 g/mol. The third-order valence-corrected chi connectivity index (χ3v) is 9.82. The van der Waals surface area contributed by atoms with E-state index in [9.17, 15) is 22.9 Å². The number of benzene rings is 1. The first-order valence-electron chi connectivity index (χ1n) is 12.3. The largest absolute Gasteiger partial charge is 0.505 e. The van der Waals surface area contributed by atoms with Crippen LogP contribution < -0.4 is 4.72 Å². The number of aromatic nitrogens is 1. The molecule has 4 saturated carbocycles. The van der Waals surface area contributed by atoms with Gasteiger partial charge in [-0.05, 0) is 87.5 Å². The van der Waals surface area contributed by atoms with Crippen LogP contribution in [0.3, 0.4) is 0 Å². The van der Waals surface area contributed by atoms with Gasteiger partial charge in [0.25, 0.3) is 0 Å². The fraction of sp³-hybridized carbons (Fsp3) is 0.500. The van der Waals surface area contributed by atoms with Crippen LogP contribution in [0.15, 0.2) is 39.4 Å². The van der Waals surface area contributed by atoms with Crippen molar-refractivity contribution in [3.05, 3.63) is 41.1 Å². The summed E-state index contributed by atoms with van der Waals surface area (Å²) in [6.45, 7) is 0.673. The van der Waals surface area contributed by atoms with Crippen LogP contribution in [0, 0.1) is 24.7 Å². The van der Waals surface area contributed by atoms with Crippen LogP contribution in [-0.2, 0) is 25.7 Å². The van der Waals surface area contributed by atoms with E-state index in [1.807, 2.05) is 0 Å². The van der Waals surface area contributed by atoms with Crippen molar-refractivity contribution in [3.63, 3.8) is 0 Å². The number of hydrogen-bond donors (Lipinski definition) is 4. The second-order valence-electron chi connectivity index (χ2n) is 10.6. The Morgan fingerprint density at radius 2 is 1.68 bits per heavy atom. The number of phosphoric acid groups is 1. The number of azo groups is 1. The Labute approximate surface area is 219 Å². The first kappa shape index (κ1) is 27.0. The Bertz CT molecular complexity index is 1400. The molecule has 0 atom stereocenters. The van der Waals surface area contributed by atoms with Gasteiger partial charge in [-0.15, -0.1) is 10.2 Å². The lowest BCUT2D eigenvalue weighted by Gasteiger charge is -2.56. The Hall–Kier alpha value is -2.54. The van der Waals surface area contributed by atoms with Gasteiger partial charge in [0.05, 0.1) is 28.4 Å². The molecule has 0 saturated heterocycles. The number of pyridine rings is 1. The molecule has 0 spiro atoms. The Morgan fingerprint density at radius 3 is 2.21 bits per heavy atom. The molecule has 1 aromatic carbocycles. The number of carbonyl (C=O) groups excluding carboxylic acids is 1. The van der Waals surface area contributed by atoms with Gasteiger partial charge in [0.1, 0.15) is 5.75 Å². The zero-order valence-electron chi connectivity index (χ0n) is 20.6. The van der Waals surface area contributed by atoms with Gasteiger partial charge < -0.3 is 14.9 Å². The van der Waals surface area contributed by atoms with E-state index in [2.05, 4.69) is 24.5 Å². The first-order valence-corrected chi connectivity index (χ1v) is 15.3. The highest BCUT2D eigenvalue weighted by molar-refractivity contribution is 7.89. The number of aryl methyl sites for hydroxylation is 1. The van der Waals surface area contributed by atoms with E-state index in [0.717, 1.165) is 19.3 Å². The fourth-order valence-electron chi connectivity index (χ4n) is 6.61. The van der Waals surface area contributed by atoms with Crippen molar-refractivity contribution in [2.24, 2.45) is 28.0 Å². The first-order chi connectivity index (χ1) is 17.9. The average Bonchev–Trinajstić information content (AvgIpc) is 2.81. The summed E-state index contributed by atoms with van der Waals surface area (Å²) in [5.41, 5.74) is -0.471. The molecule has 14 heteroatoms. The van der Waals surface area contributed by atoms with Gasteiger partial charge in [0, 0.05) is 11.1 Å². The van der Waals surface area contributed by atoms with Crippen molar-refractivity contribution in [2.75, 3.05) is 0 Å². The molecular weight excluding hydrogens is 535 g/mol. The molecule has 204 valence electrons. The molecule has 38 heavy (non-hydrogen) atoms. The van der Waals surface area contributed by atoms with E-state index in [4.69, 9.17) is 9.79 Å². The van der Waals surface area contributed by atoms with Crippen LogP contribution in [0.4, 0.5) is 11.5 Å². The quantitative estimate of drug-likeness (QED) is 0.197. The van der Waals surface area contributed by atoms with Crippen LogP contribution in [0.25, 0.3) is 0 Å². The maximum absolute atomic E-state index is 13.2. The minimum Gasteiger partial charge on any atom is -0.505 e. The molecule has 0 amide bonds. The van der Waals surface area contributed by atoms with Crippen LogP contribution in [0.2, 0.25) is 0 Å². The third kappa shape index (κ3) is 5.58. The van der Waals surface area contributed by atoms with E-state index in [-0.39, 0.29) is 38.8 Å². The lowest BCUT2D eigenvalue weighted by atomic mass is 9.53. The van der Waals surface area contributed by atoms with Gasteiger partial charge >= 0.3 is 7.82 Å². The lowest BCUT2D eigenvalue weighted by molar-refractivity contribution is -0.00810.